The first-order chi connectivity index (χ1) is 8.03. The summed E-state index contributed by atoms with van der Waals surface area (Å²) in [5, 5.41) is 18.0. The average Bonchev–Trinajstić information content (AvgIpc) is 2.87. The third kappa shape index (κ3) is 2.09. The molecule has 2 unspecified atom stereocenters. The fourth-order valence-electron chi connectivity index (χ4n) is 2.75. The van der Waals surface area contributed by atoms with E-state index >= 15 is 0 Å². The first-order valence-electron chi connectivity index (χ1n) is 6.04. The maximum Gasteiger partial charge on any atom is 0.0844 e. The van der Waals surface area contributed by atoms with Gasteiger partial charge < -0.3 is 10.4 Å². The van der Waals surface area contributed by atoms with Crippen LogP contribution in [-0.2, 0) is 0 Å². The van der Waals surface area contributed by atoms with Crippen molar-refractivity contribution in [3.63, 3.8) is 0 Å². The molecule has 2 atom stereocenters. The van der Waals surface area contributed by atoms with Gasteiger partial charge in [0.2, 0.25) is 0 Å². The second-order valence-electron chi connectivity index (χ2n) is 5.01. The number of halogens is 1. The highest BCUT2D eigenvalue weighted by Gasteiger charge is 2.39. The normalized spacial score (nSPS) is 28.9. The van der Waals surface area contributed by atoms with Gasteiger partial charge in [0.1, 0.15) is 0 Å². The fraction of sp³-hybridized carbons (Fsp3) is 0.750. The number of hydrogen-bond donors (Lipinski definition) is 2. The topological polar surface area (TPSA) is 50.1 Å². The Morgan fingerprint density at radius 3 is 2.71 bits per heavy atom. The van der Waals surface area contributed by atoms with E-state index in [1.807, 2.05) is 25.6 Å². The van der Waals surface area contributed by atoms with Crippen LogP contribution >= 0.6 is 11.6 Å². The van der Waals surface area contributed by atoms with E-state index in [2.05, 4.69) is 10.4 Å². The Morgan fingerprint density at radius 2 is 2.29 bits per heavy atom. The zero-order chi connectivity index (χ0) is 12.6. The quantitative estimate of drug-likeness (QED) is 0.869. The minimum atomic E-state index is -0.149. The lowest BCUT2D eigenvalue weighted by Gasteiger charge is -2.26. The Balaban J connectivity index is 2.23. The van der Waals surface area contributed by atoms with Crippen LogP contribution in [0.1, 0.15) is 36.7 Å². The van der Waals surface area contributed by atoms with Crippen LogP contribution < -0.4 is 5.32 Å². The van der Waals surface area contributed by atoms with E-state index in [1.54, 1.807) is 0 Å². The Labute approximate surface area is 107 Å². The Bertz CT molecular complexity index is 412. The average molecular weight is 258 g/mol. The highest BCUT2D eigenvalue weighted by Crippen LogP contribution is 2.38. The van der Waals surface area contributed by atoms with Crippen LogP contribution in [0, 0.1) is 13.8 Å². The van der Waals surface area contributed by atoms with Crippen LogP contribution in [-0.4, -0.2) is 34.1 Å². The molecule has 0 bridgehead atoms. The maximum atomic E-state index is 9.49. The molecule has 4 nitrogen and oxygen atoms in total. The predicted molar refractivity (Wildman–Crippen MR) is 68.5 cm³/mol. The molecule has 0 saturated heterocycles. The maximum absolute atomic E-state index is 9.49. The van der Waals surface area contributed by atoms with E-state index in [4.69, 9.17) is 11.6 Å². The van der Waals surface area contributed by atoms with Gasteiger partial charge in [-0.25, -0.2) is 0 Å². The second kappa shape index (κ2) is 4.59. The van der Waals surface area contributed by atoms with Gasteiger partial charge >= 0.3 is 0 Å². The van der Waals surface area contributed by atoms with Gasteiger partial charge in [-0.15, -0.1) is 0 Å². The Hall–Kier alpha value is -0.580. The first-order valence-corrected chi connectivity index (χ1v) is 6.42. The van der Waals surface area contributed by atoms with E-state index in [0.717, 1.165) is 35.7 Å². The molecule has 1 heterocycles. The van der Waals surface area contributed by atoms with Crippen LogP contribution in [0.15, 0.2) is 0 Å². The lowest BCUT2D eigenvalue weighted by molar-refractivity contribution is 0.168. The summed E-state index contributed by atoms with van der Waals surface area (Å²) < 4.78 is 2.02. The van der Waals surface area contributed by atoms with Crippen molar-refractivity contribution in [2.24, 2.45) is 0 Å². The number of hydrogen-bond acceptors (Lipinski definition) is 3. The monoisotopic (exact) mass is 257 g/mol. The number of nitrogens with zero attached hydrogens (tertiary/aromatic N) is 2. The highest BCUT2D eigenvalue weighted by atomic mass is 35.5. The van der Waals surface area contributed by atoms with Crippen molar-refractivity contribution in [2.75, 3.05) is 13.7 Å². The number of aryl methyl sites for hydroxylation is 1. The van der Waals surface area contributed by atoms with Gasteiger partial charge in [0, 0.05) is 5.54 Å². The zero-order valence-electron chi connectivity index (χ0n) is 10.6. The molecule has 2 rings (SSSR count). The van der Waals surface area contributed by atoms with Crippen molar-refractivity contribution in [3.8, 4) is 0 Å². The minimum Gasteiger partial charge on any atom is -0.394 e. The summed E-state index contributed by atoms with van der Waals surface area (Å²) >= 11 is 6.17. The molecule has 17 heavy (non-hydrogen) atoms. The lowest BCUT2D eigenvalue weighted by Crippen LogP contribution is -2.44. The minimum absolute atomic E-state index is 0.149. The zero-order valence-corrected chi connectivity index (χ0v) is 11.4. The van der Waals surface area contributed by atoms with Gasteiger partial charge in [0.25, 0.3) is 0 Å². The molecular weight excluding hydrogens is 238 g/mol. The van der Waals surface area contributed by atoms with Gasteiger partial charge in [0.05, 0.1) is 29.1 Å². The molecule has 1 aliphatic carbocycles. The molecule has 0 aromatic carbocycles. The molecule has 5 heteroatoms. The van der Waals surface area contributed by atoms with E-state index in [1.165, 1.54) is 0 Å². The molecule has 1 fully saturated rings. The van der Waals surface area contributed by atoms with Crippen LogP contribution in [0.4, 0.5) is 0 Å². The summed E-state index contributed by atoms with van der Waals surface area (Å²) in [6, 6.07) is 0.334. The molecular formula is C12H20ClN3O. The van der Waals surface area contributed by atoms with Crippen molar-refractivity contribution < 1.29 is 5.11 Å². The molecule has 1 saturated carbocycles. The van der Waals surface area contributed by atoms with Crippen molar-refractivity contribution in [3.05, 3.63) is 16.4 Å². The summed E-state index contributed by atoms with van der Waals surface area (Å²) in [7, 11) is 1.91. The largest absolute Gasteiger partial charge is 0.394 e. The summed E-state index contributed by atoms with van der Waals surface area (Å²) in [6.45, 7) is 4.10. The third-order valence-corrected chi connectivity index (χ3v) is 4.55. The molecule has 1 aromatic heterocycles. The van der Waals surface area contributed by atoms with E-state index < -0.39 is 0 Å². The molecule has 0 aliphatic heterocycles. The molecule has 0 spiro atoms. The second-order valence-corrected chi connectivity index (χ2v) is 5.39. The summed E-state index contributed by atoms with van der Waals surface area (Å²) in [6.07, 6.45) is 2.90. The molecule has 0 radical (unpaired) electrons. The van der Waals surface area contributed by atoms with Crippen molar-refractivity contribution in [1.29, 1.82) is 0 Å². The number of nitrogens with one attached hydrogen (secondary N) is 1. The molecule has 2 N–H and O–H groups in total. The van der Waals surface area contributed by atoms with Crippen LogP contribution in [0.25, 0.3) is 0 Å². The van der Waals surface area contributed by atoms with Crippen LogP contribution in [0.3, 0.4) is 0 Å². The van der Waals surface area contributed by atoms with Gasteiger partial charge in [0.15, 0.2) is 0 Å². The van der Waals surface area contributed by atoms with Gasteiger partial charge in [-0.2, -0.15) is 5.10 Å². The summed E-state index contributed by atoms with van der Waals surface area (Å²) in [5.74, 6) is 0. The first kappa shape index (κ1) is 12.9. The molecule has 0 amide bonds. The molecule has 1 aromatic rings. The number of likely N-dealkylation sites (N-methyl/N-ethyl adjacent to an activating group) is 1. The van der Waals surface area contributed by atoms with E-state index in [0.29, 0.717) is 6.04 Å². The van der Waals surface area contributed by atoms with Crippen molar-refractivity contribution in [1.82, 2.24) is 15.1 Å². The Kier molecular flexibility index (Phi) is 3.48. The van der Waals surface area contributed by atoms with Crippen LogP contribution in [0.2, 0.25) is 5.02 Å². The molecule has 96 valence electrons. The summed E-state index contributed by atoms with van der Waals surface area (Å²) in [5.41, 5.74) is 1.76. The van der Waals surface area contributed by atoms with E-state index in [9.17, 15) is 5.11 Å². The number of aliphatic hydroxyl groups excluding tert-OH is 1. The number of aromatic nitrogens is 2. The molecule has 1 aliphatic rings. The fourth-order valence-corrected chi connectivity index (χ4v) is 2.88. The lowest BCUT2D eigenvalue weighted by atomic mass is 9.99. The third-order valence-electron chi connectivity index (χ3n) is 4.00. The predicted octanol–water partition coefficient (Wildman–Crippen LogP) is 1.83. The Morgan fingerprint density at radius 1 is 1.59 bits per heavy atom. The number of aliphatic hydroxyl groups is 1. The smallest absolute Gasteiger partial charge is 0.0844 e. The van der Waals surface area contributed by atoms with Gasteiger partial charge in [-0.05, 0) is 40.2 Å². The highest BCUT2D eigenvalue weighted by molar-refractivity contribution is 6.31. The van der Waals surface area contributed by atoms with Crippen molar-refractivity contribution in [2.45, 2.75) is 44.7 Å². The van der Waals surface area contributed by atoms with Crippen LogP contribution in [0.5, 0.6) is 0 Å². The summed E-state index contributed by atoms with van der Waals surface area (Å²) in [4.78, 5) is 0. The van der Waals surface area contributed by atoms with Gasteiger partial charge in [-0.1, -0.05) is 11.6 Å². The van der Waals surface area contributed by atoms with E-state index in [-0.39, 0.29) is 12.1 Å². The van der Waals surface area contributed by atoms with Crippen molar-refractivity contribution >= 4 is 11.6 Å². The number of rotatable bonds is 3. The SMILES string of the molecule is CNC1(CO)CCC(n2nc(C)c(Cl)c2C)C1. The standard InChI is InChI=1S/C12H20ClN3O/c1-8-11(13)9(2)16(15-8)10-4-5-12(6-10,7-17)14-3/h10,14,17H,4-7H2,1-3H3. The van der Waals surface area contributed by atoms with Gasteiger partial charge in [-0.3, -0.25) is 4.68 Å².